The Balaban J connectivity index is 1.57. The third-order valence-electron chi connectivity index (χ3n) is 5.01. The van der Waals surface area contributed by atoms with E-state index in [0.717, 1.165) is 17.4 Å². The molecule has 0 spiro atoms. The van der Waals surface area contributed by atoms with E-state index in [1.54, 1.807) is 47.0 Å². The summed E-state index contributed by atoms with van der Waals surface area (Å²) in [5.41, 5.74) is 3.02. The van der Waals surface area contributed by atoms with E-state index >= 15 is 0 Å². The maximum atomic E-state index is 13.8. The number of aromatic nitrogens is 1. The first-order valence-electron chi connectivity index (χ1n) is 9.49. The zero-order chi connectivity index (χ0) is 22.0. The lowest BCUT2D eigenvalue weighted by Gasteiger charge is -2.09. The monoisotopic (exact) mass is 438 g/mol. The molecule has 1 aromatic heterocycles. The van der Waals surface area contributed by atoms with Gasteiger partial charge >= 0.3 is 0 Å². The Bertz CT molecular complexity index is 1280. The number of hydrogen-bond donors (Lipinski definition) is 1. The van der Waals surface area contributed by atoms with Crippen molar-refractivity contribution in [3.63, 3.8) is 0 Å². The fraction of sp³-hybridized carbons (Fsp3) is 0.0833. The number of fused-ring (bicyclic) bond motifs is 1. The molecule has 0 unspecified atom stereocenters. The highest BCUT2D eigenvalue weighted by Crippen LogP contribution is 2.23. The van der Waals surface area contributed by atoms with Crippen LogP contribution in [0.25, 0.3) is 10.9 Å². The smallest absolute Gasteiger partial charge is 0.251 e. The van der Waals surface area contributed by atoms with Gasteiger partial charge in [0.05, 0.1) is 10.7 Å². The fourth-order valence-corrected chi connectivity index (χ4v) is 3.53. The third kappa shape index (κ3) is 4.49. The highest BCUT2D eigenvalue weighted by molar-refractivity contribution is 6.30. The van der Waals surface area contributed by atoms with Crippen LogP contribution >= 0.6 is 11.6 Å². The maximum absolute atomic E-state index is 13.8. The van der Waals surface area contributed by atoms with Crippen LogP contribution in [-0.4, -0.2) is 16.8 Å². The van der Waals surface area contributed by atoms with Gasteiger partial charge in [-0.25, -0.2) is 8.78 Å². The predicted molar refractivity (Wildman–Crippen MR) is 115 cm³/mol. The second kappa shape index (κ2) is 8.70. The molecule has 4 nitrogen and oxygen atoms in total. The Morgan fingerprint density at radius 1 is 0.968 bits per heavy atom. The summed E-state index contributed by atoms with van der Waals surface area (Å²) in [5, 5.41) is 3.54. The van der Waals surface area contributed by atoms with Crippen molar-refractivity contribution in [3.8, 4) is 0 Å². The Morgan fingerprint density at radius 3 is 2.42 bits per heavy atom. The molecular weight excluding hydrogens is 422 g/mol. The van der Waals surface area contributed by atoms with Crippen molar-refractivity contribution >= 4 is 34.7 Å². The van der Waals surface area contributed by atoms with Crippen LogP contribution in [0.3, 0.4) is 0 Å². The zero-order valence-electron chi connectivity index (χ0n) is 16.2. The number of aldehydes is 1. The summed E-state index contributed by atoms with van der Waals surface area (Å²) in [6.45, 7) is 0.543. The first kappa shape index (κ1) is 20.8. The molecule has 0 aliphatic carbocycles. The van der Waals surface area contributed by atoms with Crippen LogP contribution in [-0.2, 0) is 13.1 Å². The van der Waals surface area contributed by atoms with Gasteiger partial charge in [-0.1, -0.05) is 29.8 Å². The van der Waals surface area contributed by atoms with Crippen LogP contribution < -0.4 is 5.32 Å². The zero-order valence-corrected chi connectivity index (χ0v) is 17.0. The van der Waals surface area contributed by atoms with Crippen LogP contribution in [0.2, 0.25) is 5.02 Å². The Morgan fingerprint density at radius 2 is 1.71 bits per heavy atom. The molecule has 4 rings (SSSR count). The van der Waals surface area contributed by atoms with E-state index in [-0.39, 0.29) is 29.8 Å². The number of nitrogens with one attached hydrogen (secondary N) is 1. The van der Waals surface area contributed by atoms with Gasteiger partial charge in [0.15, 0.2) is 6.29 Å². The Labute approximate surface area is 182 Å². The van der Waals surface area contributed by atoms with Gasteiger partial charge in [-0.2, -0.15) is 0 Å². The summed E-state index contributed by atoms with van der Waals surface area (Å²) in [6.07, 6.45) is 0.723. The van der Waals surface area contributed by atoms with Gasteiger partial charge in [0.25, 0.3) is 5.91 Å². The van der Waals surface area contributed by atoms with Crippen molar-refractivity contribution in [1.82, 2.24) is 9.88 Å². The minimum atomic E-state index is -0.525. The van der Waals surface area contributed by atoms with Crippen molar-refractivity contribution in [2.45, 2.75) is 13.1 Å². The molecule has 3 aromatic carbocycles. The number of carbonyl (C=O) groups excluding carboxylic acids is 2. The topological polar surface area (TPSA) is 51.1 Å². The van der Waals surface area contributed by atoms with Gasteiger partial charge in [0, 0.05) is 29.6 Å². The highest BCUT2D eigenvalue weighted by atomic mass is 35.5. The SMILES string of the molecule is O=Cc1cc2cc(C(=O)NCc3ccc(F)cc3)ccc2n1Cc1ccc(Cl)c(F)c1. The summed E-state index contributed by atoms with van der Waals surface area (Å²) >= 11 is 5.74. The number of carbonyl (C=O) groups is 2. The molecule has 0 fully saturated rings. The molecule has 0 radical (unpaired) electrons. The molecule has 0 saturated heterocycles. The minimum Gasteiger partial charge on any atom is -0.348 e. The molecule has 156 valence electrons. The molecule has 7 heteroatoms. The van der Waals surface area contributed by atoms with Gasteiger partial charge in [0.1, 0.15) is 11.6 Å². The number of nitrogens with zero attached hydrogens (tertiary/aromatic N) is 1. The molecule has 1 amide bonds. The number of hydrogen-bond acceptors (Lipinski definition) is 2. The Kier molecular flexibility index (Phi) is 5.82. The van der Waals surface area contributed by atoms with E-state index in [1.807, 2.05) is 0 Å². The van der Waals surface area contributed by atoms with Crippen molar-refractivity contribution in [2.75, 3.05) is 0 Å². The molecule has 0 bridgehead atoms. The van der Waals surface area contributed by atoms with Crippen LogP contribution in [0.1, 0.15) is 32.0 Å². The molecule has 0 atom stereocenters. The molecule has 0 saturated carbocycles. The second-order valence-corrected chi connectivity index (χ2v) is 7.51. The van der Waals surface area contributed by atoms with Crippen LogP contribution in [0.15, 0.2) is 66.7 Å². The van der Waals surface area contributed by atoms with E-state index in [9.17, 15) is 18.4 Å². The van der Waals surface area contributed by atoms with Crippen molar-refractivity contribution in [3.05, 3.63) is 106 Å². The largest absolute Gasteiger partial charge is 0.348 e. The lowest BCUT2D eigenvalue weighted by molar-refractivity contribution is 0.0950. The number of benzene rings is 3. The third-order valence-corrected chi connectivity index (χ3v) is 5.31. The highest BCUT2D eigenvalue weighted by Gasteiger charge is 2.13. The first-order valence-corrected chi connectivity index (χ1v) is 9.87. The van der Waals surface area contributed by atoms with Gasteiger partial charge in [-0.3, -0.25) is 9.59 Å². The number of halogens is 3. The lowest BCUT2D eigenvalue weighted by atomic mass is 10.1. The Hall–Kier alpha value is -3.51. The van der Waals surface area contributed by atoms with E-state index in [2.05, 4.69) is 5.32 Å². The van der Waals surface area contributed by atoms with Crippen molar-refractivity contribution in [2.24, 2.45) is 0 Å². The molecule has 1 N–H and O–H groups in total. The number of rotatable bonds is 6. The molecule has 4 aromatic rings. The fourth-order valence-electron chi connectivity index (χ4n) is 3.41. The number of amides is 1. The minimum absolute atomic E-state index is 0.0352. The van der Waals surface area contributed by atoms with Crippen LogP contribution in [0.5, 0.6) is 0 Å². The average molecular weight is 439 g/mol. The van der Waals surface area contributed by atoms with Crippen molar-refractivity contribution < 1.29 is 18.4 Å². The lowest BCUT2D eigenvalue weighted by Crippen LogP contribution is -2.22. The second-order valence-electron chi connectivity index (χ2n) is 7.10. The quantitative estimate of drug-likeness (QED) is 0.412. The van der Waals surface area contributed by atoms with Crippen LogP contribution in [0.4, 0.5) is 8.78 Å². The average Bonchev–Trinajstić information content (AvgIpc) is 3.12. The summed E-state index contributed by atoms with van der Waals surface area (Å²) in [6, 6.07) is 17.2. The summed E-state index contributed by atoms with van der Waals surface area (Å²) in [4.78, 5) is 24.1. The van der Waals surface area contributed by atoms with Crippen molar-refractivity contribution in [1.29, 1.82) is 0 Å². The standard InChI is InChI=1S/C24H17ClF2N2O2/c25-21-7-3-16(9-22(21)27)13-29-20(14-30)11-18-10-17(4-8-23(18)29)24(31)28-12-15-1-5-19(26)6-2-15/h1-11,14H,12-13H2,(H,28,31). The van der Waals surface area contributed by atoms with Gasteiger partial charge in [0.2, 0.25) is 0 Å². The van der Waals surface area contributed by atoms with Crippen LogP contribution in [0, 0.1) is 11.6 Å². The van der Waals surface area contributed by atoms with E-state index in [1.165, 1.54) is 24.3 Å². The molecule has 1 heterocycles. The molecule has 0 aliphatic rings. The van der Waals surface area contributed by atoms with E-state index < -0.39 is 5.82 Å². The van der Waals surface area contributed by atoms with Gasteiger partial charge in [-0.15, -0.1) is 0 Å². The van der Waals surface area contributed by atoms with E-state index in [4.69, 9.17) is 11.6 Å². The molecular formula is C24H17ClF2N2O2. The van der Waals surface area contributed by atoms with Gasteiger partial charge in [-0.05, 0) is 59.7 Å². The maximum Gasteiger partial charge on any atom is 0.251 e. The molecule has 0 aliphatic heterocycles. The molecule has 31 heavy (non-hydrogen) atoms. The summed E-state index contributed by atoms with van der Waals surface area (Å²) in [7, 11) is 0. The summed E-state index contributed by atoms with van der Waals surface area (Å²) < 4.78 is 28.5. The predicted octanol–water partition coefficient (Wildman–Crippen LogP) is 5.36. The first-order chi connectivity index (χ1) is 14.9. The summed E-state index contributed by atoms with van der Waals surface area (Å²) in [5.74, 6) is -1.15. The van der Waals surface area contributed by atoms with Gasteiger partial charge < -0.3 is 9.88 Å². The van der Waals surface area contributed by atoms with E-state index in [0.29, 0.717) is 22.2 Å². The normalized spacial score (nSPS) is 10.9.